The molecule has 0 fully saturated rings. The van der Waals surface area contributed by atoms with Crippen molar-refractivity contribution >= 4 is 23.3 Å². The quantitative estimate of drug-likeness (QED) is 0.545. The van der Waals surface area contributed by atoms with Gasteiger partial charge in [-0.3, -0.25) is 4.79 Å². The molecule has 0 unspecified atom stereocenters. The number of carbonyl (C=O) groups excluding carboxylic acids is 2. The molecular formula is C23H22N2O4. The lowest BCUT2D eigenvalue weighted by molar-refractivity contribution is -0.114. The third-order valence-corrected chi connectivity index (χ3v) is 3.98. The van der Waals surface area contributed by atoms with Gasteiger partial charge in [-0.1, -0.05) is 30.3 Å². The SMILES string of the molecule is CCOC(=O)c1ccc(NCC(=O)Nc2ccccc2Oc2ccccc2)cc1. The number of rotatable bonds is 8. The molecule has 0 aliphatic heterocycles. The first kappa shape index (κ1) is 19.9. The molecule has 6 heteroatoms. The van der Waals surface area contributed by atoms with Crippen LogP contribution in [0, 0.1) is 0 Å². The van der Waals surface area contributed by atoms with Gasteiger partial charge in [-0.25, -0.2) is 4.79 Å². The topological polar surface area (TPSA) is 76.7 Å². The smallest absolute Gasteiger partial charge is 0.338 e. The van der Waals surface area contributed by atoms with Gasteiger partial charge in [0.1, 0.15) is 5.75 Å². The monoisotopic (exact) mass is 390 g/mol. The van der Waals surface area contributed by atoms with Crippen molar-refractivity contribution in [2.24, 2.45) is 0 Å². The molecule has 3 aromatic carbocycles. The molecule has 0 radical (unpaired) electrons. The van der Waals surface area contributed by atoms with Gasteiger partial charge in [0.05, 0.1) is 24.4 Å². The van der Waals surface area contributed by atoms with E-state index in [0.717, 1.165) is 5.69 Å². The van der Waals surface area contributed by atoms with E-state index in [2.05, 4.69) is 10.6 Å². The number of hydrogen-bond acceptors (Lipinski definition) is 5. The van der Waals surface area contributed by atoms with Crippen LogP contribution >= 0.6 is 0 Å². The zero-order chi connectivity index (χ0) is 20.5. The lowest BCUT2D eigenvalue weighted by Crippen LogP contribution is -2.22. The standard InChI is InChI=1S/C23H22N2O4/c1-2-28-23(27)17-12-14-18(15-13-17)24-16-22(26)25-20-10-6-7-11-21(20)29-19-8-4-3-5-9-19/h3-15,24H,2,16H2,1H3,(H,25,26). The van der Waals surface area contributed by atoms with Crippen LogP contribution in [0.3, 0.4) is 0 Å². The molecule has 148 valence electrons. The van der Waals surface area contributed by atoms with Gasteiger partial charge >= 0.3 is 5.97 Å². The second kappa shape index (κ2) is 9.94. The maximum Gasteiger partial charge on any atom is 0.338 e. The molecule has 0 atom stereocenters. The van der Waals surface area contributed by atoms with Gasteiger partial charge in [-0.05, 0) is 55.5 Å². The van der Waals surface area contributed by atoms with E-state index in [1.807, 2.05) is 42.5 Å². The van der Waals surface area contributed by atoms with Gasteiger partial charge in [0, 0.05) is 5.69 Å². The summed E-state index contributed by atoms with van der Waals surface area (Å²) >= 11 is 0. The highest BCUT2D eigenvalue weighted by molar-refractivity contribution is 5.95. The van der Waals surface area contributed by atoms with Gasteiger partial charge < -0.3 is 20.1 Å². The molecule has 0 aliphatic rings. The average molecular weight is 390 g/mol. The van der Waals surface area contributed by atoms with Crippen LogP contribution in [0.1, 0.15) is 17.3 Å². The molecule has 29 heavy (non-hydrogen) atoms. The van der Waals surface area contributed by atoms with Crippen molar-refractivity contribution in [3.05, 3.63) is 84.4 Å². The van der Waals surface area contributed by atoms with Crippen LogP contribution in [0.15, 0.2) is 78.9 Å². The third-order valence-electron chi connectivity index (χ3n) is 3.98. The van der Waals surface area contributed by atoms with Crippen LogP contribution in [0.25, 0.3) is 0 Å². The molecule has 2 N–H and O–H groups in total. The number of anilines is 2. The number of ether oxygens (including phenoxy) is 2. The summed E-state index contributed by atoms with van der Waals surface area (Å²) in [6.07, 6.45) is 0. The Labute approximate surface area is 169 Å². The zero-order valence-electron chi connectivity index (χ0n) is 16.1. The van der Waals surface area contributed by atoms with Crippen LogP contribution in [0.4, 0.5) is 11.4 Å². The lowest BCUT2D eigenvalue weighted by Gasteiger charge is -2.13. The molecule has 3 aromatic rings. The summed E-state index contributed by atoms with van der Waals surface area (Å²) in [6, 6.07) is 23.4. The summed E-state index contributed by atoms with van der Waals surface area (Å²) in [5.74, 6) is 0.662. The van der Waals surface area contributed by atoms with Crippen molar-refractivity contribution in [2.45, 2.75) is 6.92 Å². The van der Waals surface area contributed by atoms with Crippen molar-refractivity contribution in [2.75, 3.05) is 23.8 Å². The van der Waals surface area contributed by atoms with Crippen LogP contribution in [0.2, 0.25) is 0 Å². The lowest BCUT2D eigenvalue weighted by atomic mass is 10.2. The number of hydrogen-bond donors (Lipinski definition) is 2. The Morgan fingerprint density at radius 1 is 0.862 bits per heavy atom. The highest BCUT2D eigenvalue weighted by Gasteiger charge is 2.09. The second-order valence-electron chi connectivity index (χ2n) is 6.11. The number of para-hydroxylation sites is 3. The van der Waals surface area contributed by atoms with Gasteiger partial charge in [-0.2, -0.15) is 0 Å². The van der Waals surface area contributed by atoms with Crippen LogP contribution in [0.5, 0.6) is 11.5 Å². The fraction of sp³-hybridized carbons (Fsp3) is 0.130. The molecule has 3 rings (SSSR count). The van der Waals surface area contributed by atoms with Crippen LogP contribution in [-0.2, 0) is 9.53 Å². The van der Waals surface area contributed by atoms with Gasteiger partial charge in [-0.15, -0.1) is 0 Å². The van der Waals surface area contributed by atoms with E-state index in [4.69, 9.17) is 9.47 Å². The number of nitrogens with one attached hydrogen (secondary N) is 2. The van der Waals surface area contributed by atoms with E-state index in [0.29, 0.717) is 29.4 Å². The molecule has 0 saturated carbocycles. The first-order valence-corrected chi connectivity index (χ1v) is 9.28. The Kier molecular flexibility index (Phi) is 6.84. The van der Waals surface area contributed by atoms with E-state index >= 15 is 0 Å². The Morgan fingerprint density at radius 3 is 2.28 bits per heavy atom. The van der Waals surface area contributed by atoms with Crippen molar-refractivity contribution in [3.8, 4) is 11.5 Å². The predicted molar refractivity (Wildman–Crippen MR) is 112 cm³/mol. The summed E-state index contributed by atoms with van der Waals surface area (Å²) in [5.41, 5.74) is 1.77. The largest absolute Gasteiger partial charge is 0.462 e. The van der Waals surface area contributed by atoms with Crippen molar-refractivity contribution < 1.29 is 19.1 Å². The van der Waals surface area contributed by atoms with Gasteiger partial charge in [0.2, 0.25) is 5.91 Å². The molecule has 1 amide bonds. The van der Waals surface area contributed by atoms with E-state index in [9.17, 15) is 9.59 Å². The van der Waals surface area contributed by atoms with E-state index in [1.165, 1.54) is 0 Å². The van der Waals surface area contributed by atoms with Crippen LogP contribution in [-0.4, -0.2) is 25.0 Å². The van der Waals surface area contributed by atoms with E-state index < -0.39 is 0 Å². The normalized spacial score (nSPS) is 10.1. The Balaban J connectivity index is 1.57. The molecule has 0 bridgehead atoms. The average Bonchev–Trinajstić information content (AvgIpc) is 2.75. The maximum absolute atomic E-state index is 12.3. The summed E-state index contributed by atoms with van der Waals surface area (Å²) in [7, 11) is 0. The van der Waals surface area contributed by atoms with Gasteiger partial charge in [0.25, 0.3) is 0 Å². The Hall–Kier alpha value is -3.80. The predicted octanol–water partition coefficient (Wildman–Crippen LogP) is 4.71. The summed E-state index contributed by atoms with van der Waals surface area (Å²) < 4.78 is 10.8. The third kappa shape index (κ3) is 5.84. The Morgan fingerprint density at radius 2 is 1.55 bits per heavy atom. The molecule has 0 aromatic heterocycles. The van der Waals surface area contributed by atoms with Crippen LogP contribution < -0.4 is 15.4 Å². The zero-order valence-corrected chi connectivity index (χ0v) is 16.1. The van der Waals surface area contributed by atoms with E-state index in [1.54, 1.807) is 43.3 Å². The molecule has 6 nitrogen and oxygen atoms in total. The first-order valence-electron chi connectivity index (χ1n) is 9.28. The molecule has 0 heterocycles. The molecule has 0 aliphatic carbocycles. The second-order valence-corrected chi connectivity index (χ2v) is 6.11. The summed E-state index contributed by atoms with van der Waals surface area (Å²) in [6.45, 7) is 2.16. The highest BCUT2D eigenvalue weighted by Crippen LogP contribution is 2.29. The number of esters is 1. The maximum atomic E-state index is 12.3. The van der Waals surface area contributed by atoms with Gasteiger partial charge in [0.15, 0.2) is 5.75 Å². The molecular weight excluding hydrogens is 368 g/mol. The number of carbonyl (C=O) groups is 2. The highest BCUT2D eigenvalue weighted by atomic mass is 16.5. The molecule has 0 spiro atoms. The molecule has 0 saturated heterocycles. The number of benzene rings is 3. The minimum atomic E-state index is -0.369. The van der Waals surface area contributed by atoms with Crippen molar-refractivity contribution in [1.82, 2.24) is 0 Å². The fourth-order valence-corrected chi connectivity index (χ4v) is 2.59. The number of amides is 1. The fourth-order valence-electron chi connectivity index (χ4n) is 2.59. The minimum absolute atomic E-state index is 0.0679. The van der Waals surface area contributed by atoms with E-state index in [-0.39, 0.29) is 18.4 Å². The van der Waals surface area contributed by atoms with Crippen molar-refractivity contribution in [1.29, 1.82) is 0 Å². The Bertz CT molecular complexity index is 956. The van der Waals surface area contributed by atoms with Crippen molar-refractivity contribution in [3.63, 3.8) is 0 Å². The first-order chi connectivity index (χ1) is 14.2. The summed E-state index contributed by atoms with van der Waals surface area (Å²) in [4.78, 5) is 24.0. The minimum Gasteiger partial charge on any atom is -0.462 e. The summed E-state index contributed by atoms with van der Waals surface area (Å²) in [5, 5.41) is 5.87.